The Labute approximate surface area is 186 Å². The number of pyridine rings is 1. The van der Waals surface area contributed by atoms with Crippen molar-refractivity contribution in [3.63, 3.8) is 0 Å². The van der Waals surface area contributed by atoms with E-state index in [1.54, 1.807) is 24.3 Å². The van der Waals surface area contributed by atoms with Gasteiger partial charge in [0.05, 0.1) is 10.6 Å². The van der Waals surface area contributed by atoms with E-state index in [1.165, 1.54) is 30.5 Å². The molecule has 2 aromatic heterocycles. The first kappa shape index (κ1) is 22.6. The molecule has 0 unspecified atom stereocenters. The standard InChI is InChI=1S/C20H18F3N3O4S2/c21-20(22,23)30-26(32(27,28)15-6-2-1-3-7-15)19-25-17(16-8-4-5-11-24-16)18(31-19)14-9-12-29-13-10-14/h1-8,11,14H,9-10,12-13H2. The van der Waals surface area contributed by atoms with Crippen molar-refractivity contribution in [2.24, 2.45) is 0 Å². The first-order valence-corrected chi connectivity index (χ1v) is 11.9. The summed E-state index contributed by atoms with van der Waals surface area (Å²) in [5, 5.41) is -0.451. The van der Waals surface area contributed by atoms with E-state index in [4.69, 9.17) is 4.74 Å². The van der Waals surface area contributed by atoms with Crippen LogP contribution < -0.4 is 4.47 Å². The first-order chi connectivity index (χ1) is 15.3. The fourth-order valence-corrected chi connectivity index (χ4v) is 5.92. The van der Waals surface area contributed by atoms with Crippen LogP contribution in [0.15, 0.2) is 59.6 Å². The Bertz CT molecular complexity index is 1150. The second-order valence-electron chi connectivity index (χ2n) is 6.89. The van der Waals surface area contributed by atoms with Gasteiger partial charge in [-0.05, 0) is 37.1 Å². The third-order valence-corrected chi connectivity index (χ3v) is 7.60. The minimum absolute atomic E-state index is 0.0563. The molecule has 0 radical (unpaired) electrons. The summed E-state index contributed by atoms with van der Waals surface area (Å²) in [5.74, 6) is -0.0563. The Morgan fingerprint density at radius 3 is 2.38 bits per heavy atom. The molecule has 0 atom stereocenters. The fraction of sp³-hybridized carbons (Fsp3) is 0.300. The zero-order valence-electron chi connectivity index (χ0n) is 16.5. The molecule has 0 bridgehead atoms. The summed E-state index contributed by atoms with van der Waals surface area (Å²) < 4.78 is 71.1. The first-order valence-electron chi connectivity index (χ1n) is 9.62. The van der Waals surface area contributed by atoms with E-state index in [1.807, 2.05) is 0 Å². The highest BCUT2D eigenvalue weighted by Gasteiger charge is 2.42. The summed E-state index contributed by atoms with van der Waals surface area (Å²) in [7, 11) is -4.71. The van der Waals surface area contributed by atoms with Gasteiger partial charge in [-0.1, -0.05) is 35.6 Å². The lowest BCUT2D eigenvalue weighted by Crippen LogP contribution is -2.36. The highest BCUT2D eigenvalue weighted by molar-refractivity contribution is 7.92. The predicted molar refractivity (Wildman–Crippen MR) is 111 cm³/mol. The predicted octanol–water partition coefficient (Wildman–Crippen LogP) is 4.75. The molecule has 0 saturated carbocycles. The number of nitrogens with zero attached hydrogens (tertiary/aromatic N) is 3. The molecule has 1 fully saturated rings. The molecule has 0 N–H and O–H groups in total. The van der Waals surface area contributed by atoms with Crippen LogP contribution in [0.3, 0.4) is 0 Å². The normalized spacial score (nSPS) is 15.6. The summed E-state index contributed by atoms with van der Waals surface area (Å²) in [6.07, 6.45) is -2.45. The van der Waals surface area contributed by atoms with Crippen molar-refractivity contribution < 1.29 is 31.2 Å². The average Bonchev–Trinajstić information content (AvgIpc) is 3.24. The van der Waals surface area contributed by atoms with Gasteiger partial charge < -0.3 is 4.74 Å². The molecule has 1 aromatic carbocycles. The molecule has 170 valence electrons. The Hall–Kier alpha value is -2.54. The Morgan fingerprint density at radius 2 is 1.75 bits per heavy atom. The van der Waals surface area contributed by atoms with Crippen LogP contribution in [0, 0.1) is 0 Å². The van der Waals surface area contributed by atoms with E-state index in [-0.39, 0.29) is 15.3 Å². The van der Waals surface area contributed by atoms with Gasteiger partial charge in [-0.2, -0.15) is 13.3 Å². The largest absolute Gasteiger partial charge is 0.545 e. The molecule has 1 saturated heterocycles. The van der Waals surface area contributed by atoms with Crippen LogP contribution in [0.25, 0.3) is 11.4 Å². The minimum atomic E-state index is -5.25. The number of hydrogen-bond acceptors (Lipinski definition) is 7. The van der Waals surface area contributed by atoms with Gasteiger partial charge in [-0.3, -0.25) is 4.98 Å². The van der Waals surface area contributed by atoms with E-state index >= 15 is 0 Å². The molecule has 7 nitrogen and oxygen atoms in total. The molecule has 0 amide bonds. The van der Waals surface area contributed by atoms with Crippen LogP contribution >= 0.6 is 11.3 Å². The van der Waals surface area contributed by atoms with Gasteiger partial charge >= 0.3 is 6.36 Å². The number of anilines is 1. The van der Waals surface area contributed by atoms with Gasteiger partial charge in [0, 0.05) is 30.2 Å². The van der Waals surface area contributed by atoms with Crippen molar-refractivity contribution in [2.75, 3.05) is 17.7 Å². The van der Waals surface area contributed by atoms with E-state index < -0.39 is 21.5 Å². The number of benzene rings is 1. The van der Waals surface area contributed by atoms with E-state index in [2.05, 4.69) is 14.8 Å². The number of aromatic nitrogens is 2. The molecule has 4 rings (SSSR count). The summed E-state index contributed by atoms with van der Waals surface area (Å²) in [6, 6.07) is 11.8. The second-order valence-corrected chi connectivity index (χ2v) is 9.66. The van der Waals surface area contributed by atoms with Crippen LogP contribution in [0.2, 0.25) is 0 Å². The molecule has 0 spiro atoms. The zero-order chi connectivity index (χ0) is 22.8. The Balaban J connectivity index is 1.85. The van der Waals surface area contributed by atoms with Crippen LogP contribution in [0.5, 0.6) is 0 Å². The van der Waals surface area contributed by atoms with Crippen LogP contribution in [0.4, 0.5) is 18.3 Å². The number of rotatable bonds is 6. The highest BCUT2D eigenvalue weighted by atomic mass is 32.2. The van der Waals surface area contributed by atoms with Gasteiger partial charge in [-0.25, -0.2) is 4.98 Å². The molecule has 3 aromatic rings. The monoisotopic (exact) mass is 485 g/mol. The lowest BCUT2D eigenvalue weighted by molar-refractivity contribution is -0.322. The second kappa shape index (κ2) is 9.14. The molecule has 1 aliphatic heterocycles. The van der Waals surface area contributed by atoms with Crippen molar-refractivity contribution in [1.29, 1.82) is 0 Å². The number of hydrogen-bond donors (Lipinski definition) is 0. The van der Waals surface area contributed by atoms with Gasteiger partial charge in [0.25, 0.3) is 10.0 Å². The SMILES string of the molecule is O=S(=O)(c1ccccc1)N(OC(F)(F)F)c1nc(-c2ccccn2)c(C2CCOCC2)s1. The molecule has 32 heavy (non-hydrogen) atoms. The average molecular weight is 486 g/mol. The molecular weight excluding hydrogens is 467 g/mol. The van der Waals surface area contributed by atoms with Gasteiger partial charge in [-0.15, -0.1) is 17.6 Å². The van der Waals surface area contributed by atoms with Crippen LogP contribution in [0.1, 0.15) is 23.6 Å². The lowest BCUT2D eigenvalue weighted by Gasteiger charge is -2.22. The van der Waals surface area contributed by atoms with E-state index in [9.17, 15) is 21.6 Å². The van der Waals surface area contributed by atoms with Crippen LogP contribution in [-0.2, 0) is 19.6 Å². The summed E-state index contributed by atoms with van der Waals surface area (Å²) in [6.45, 7) is 0.981. The number of halogens is 3. The number of sulfonamides is 1. The third-order valence-electron chi connectivity index (χ3n) is 4.74. The highest BCUT2D eigenvalue weighted by Crippen LogP contribution is 2.43. The maximum Gasteiger partial charge on any atom is 0.545 e. The smallest absolute Gasteiger partial charge is 0.381 e. The summed E-state index contributed by atoms with van der Waals surface area (Å²) in [4.78, 5) is 12.8. The minimum Gasteiger partial charge on any atom is -0.381 e. The van der Waals surface area contributed by atoms with E-state index in [0.29, 0.717) is 42.3 Å². The molecule has 3 heterocycles. The van der Waals surface area contributed by atoms with Crippen molar-refractivity contribution >= 4 is 26.5 Å². The van der Waals surface area contributed by atoms with Gasteiger partial charge in [0.15, 0.2) is 0 Å². The molecular formula is C20H18F3N3O4S2. The Kier molecular flexibility index (Phi) is 6.47. The van der Waals surface area contributed by atoms with Crippen molar-refractivity contribution in [3.8, 4) is 11.4 Å². The molecule has 12 heteroatoms. The van der Waals surface area contributed by atoms with Crippen LogP contribution in [-0.4, -0.2) is 38.0 Å². The van der Waals surface area contributed by atoms with Gasteiger partial charge in [0.1, 0.15) is 5.69 Å². The third kappa shape index (κ3) is 4.93. The topological polar surface area (TPSA) is 81.6 Å². The Morgan fingerprint density at radius 1 is 1.06 bits per heavy atom. The van der Waals surface area contributed by atoms with Crippen molar-refractivity contribution in [1.82, 2.24) is 9.97 Å². The number of thiazole rings is 1. The lowest BCUT2D eigenvalue weighted by atomic mass is 9.96. The quantitative estimate of drug-likeness (QED) is 0.469. The van der Waals surface area contributed by atoms with Crippen molar-refractivity contribution in [2.45, 2.75) is 30.0 Å². The maximum atomic E-state index is 13.2. The van der Waals surface area contributed by atoms with Gasteiger partial charge in [0.2, 0.25) is 5.13 Å². The molecule has 1 aliphatic rings. The maximum absolute atomic E-state index is 13.2. The van der Waals surface area contributed by atoms with E-state index in [0.717, 1.165) is 11.3 Å². The summed E-state index contributed by atoms with van der Waals surface area (Å²) >= 11 is 0.846. The molecule has 0 aliphatic carbocycles. The summed E-state index contributed by atoms with van der Waals surface area (Å²) in [5.41, 5.74) is 0.761. The fourth-order valence-electron chi connectivity index (χ4n) is 3.29. The number of ether oxygens (including phenoxy) is 1. The van der Waals surface area contributed by atoms with Crippen molar-refractivity contribution in [3.05, 3.63) is 59.6 Å². The number of alkyl halides is 3. The zero-order valence-corrected chi connectivity index (χ0v) is 18.2.